The molecular formula is C9H21NO6. The molecule has 0 amide bonds. The summed E-state index contributed by atoms with van der Waals surface area (Å²) in [5.74, 6) is 0. The number of aliphatic hydroxyl groups is 3. The predicted molar refractivity (Wildman–Crippen MR) is 55.3 cm³/mol. The highest BCUT2D eigenvalue weighted by atomic mass is 16.9. The maximum absolute atomic E-state index is 8.93. The third-order valence-corrected chi connectivity index (χ3v) is 1.43. The molecule has 0 aliphatic heterocycles. The highest BCUT2D eigenvalue weighted by Gasteiger charge is 2.06. The average Bonchev–Trinajstić information content (AvgIpc) is 2.26. The van der Waals surface area contributed by atoms with Gasteiger partial charge in [0.2, 0.25) is 0 Å². The molecule has 98 valence electrons. The van der Waals surface area contributed by atoms with E-state index in [1.165, 1.54) is 0 Å². The van der Waals surface area contributed by atoms with Crippen LogP contribution in [0.15, 0.2) is 0 Å². The van der Waals surface area contributed by atoms with Crippen molar-refractivity contribution in [3.63, 3.8) is 0 Å². The van der Waals surface area contributed by atoms with Crippen molar-refractivity contribution < 1.29 is 29.7 Å². The molecule has 0 aromatic heterocycles. The molecule has 0 saturated heterocycles. The molecule has 7 nitrogen and oxygen atoms in total. The van der Waals surface area contributed by atoms with Gasteiger partial charge in [-0.05, 0) is 6.92 Å². The first-order chi connectivity index (χ1) is 7.70. The zero-order valence-corrected chi connectivity index (χ0v) is 9.54. The van der Waals surface area contributed by atoms with E-state index in [0.717, 1.165) is 5.23 Å². The minimum Gasteiger partial charge on any atom is -0.394 e. The molecule has 0 spiro atoms. The van der Waals surface area contributed by atoms with Crippen molar-refractivity contribution in [2.75, 3.05) is 46.2 Å². The van der Waals surface area contributed by atoms with E-state index >= 15 is 0 Å². The van der Waals surface area contributed by atoms with E-state index in [0.29, 0.717) is 13.2 Å². The molecule has 0 aliphatic carbocycles. The Morgan fingerprint density at radius 3 is 2.06 bits per heavy atom. The second-order valence-corrected chi connectivity index (χ2v) is 3.09. The van der Waals surface area contributed by atoms with Gasteiger partial charge in [0.15, 0.2) is 0 Å². The lowest BCUT2D eigenvalue weighted by atomic mass is 10.4. The van der Waals surface area contributed by atoms with E-state index in [2.05, 4.69) is 0 Å². The molecule has 0 aromatic carbocycles. The molecule has 0 fully saturated rings. The van der Waals surface area contributed by atoms with Crippen LogP contribution >= 0.6 is 0 Å². The number of hydrogen-bond donors (Lipinski definition) is 3. The van der Waals surface area contributed by atoms with Crippen LogP contribution in [0.5, 0.6) is 0 Å². The standard InChI is InChI=1S/C9H21NO6/c1-9(13)8-14-5-2-10(15-6-3-11)16-7-4-12/h9,11-13H,2-8H2,1H3. The van der Waals surface area contributed by atoms with Crippen molar-refractivity contribution in [1.82, 2.24) is 5.23 Å². The Morgan fingerprint density at radius 2 is 1.62 bits per heavy atom. The minimum atomic E-state index is -0.509. The maximum atomic E-state index is 8.93. The maximum Gasteiger partial charge on any atom is 0.0942 e. The van der Waals surface area contributed by atoms with Crippen LogP contribution in [0.1, 0.15) is 6.92 Å². The molecule has 1 unspecified atom stereocenters. The van der Waals surface area contributed by atoms with Gasteiger partial charge in [0.05, 0.1) is 52.3 Å². The van der Waals surface area contributed by atoms with Gasteiger partial charge >= 0.3 is 0 Å². The van der Waals surface area contributed by atoms with Crippen molar-refractivity contribution in [3.05, 3.63) is 0 Å². The van der Waals surface area contributed by atoms with Gasteiger partial charge in [0, 0.05) is 0 Å². The molecule has 7 heteroatoms. The number of aliphatic hydroxyl groups excluding tert-OH is 3. The number of ether oxygens (including phenoxy) is 1. The quantitative estimate of drug-likeness (QED) is 0.299. The second-order valence-electron chi connectivity index (χ2n) is 3.09. The molecular weight excluding hydrogens is 218 g/mol. The van der Waals surface area contributed by atoms with Gasteiger partial charge in [-0.2, -0.15) is 0 Å². The Morgan fingerprint density at radius 1 is 1.06 bits per heavy atom. The largest absolute Gasteiger partial charge is 0.394 e. The third kappa shape index (κ3) is 10.2. The summed E-state index contributed by atoms with van der Waals surface area (Å²) in [6.45, 7) is 2.51. The van der Waals surface area contributed by atoms with Crippen LogP contribution in [-0.4, -0.2) is 72.8 Å². The first kappa shape index (κ1) is 15.7. The van der Waals surface area contributed by atoms with Crippen LogP contribution in [0.4, 0.5) is 0 Å². The molecule has 0 radical (unpaired) electrons. The van der Waals surface area contributed by atoms with E-state index in [1.807, 2.05) is 0 Å². The van der Waals surface area contributed by atoms with E-state index in [4.69, 9.17) is 29.7 Å². The van der Waals surface area contributed by atoms with Gasteiger partial charge in [-0.1, -0.05) is 5.23 Å². The number of hydroxylamine groups is 2. The van der Waals surface area contributed by atoms with Gasteiger partial charge in [-0.25, -0.2) is 0 Å². The smallest absolute Gasteiger partial charge is 0.0942 e. The lowest BCUT2D eigenvalue weighted by Gasteiger charge is -2.20. The van der Waals surface area contributed by atoms with Crippen LogP contribution in [0.25, 0.3) is 0 Å². The van der Waals surface area contributed by atoms with Crippen LogP contribution < -0.4 is 0 Å². The summed E-state index contributed by atoms with van der Waals surface area (Å²) in [5.41, 5.74) is 0. The Bertz CT molecular complexity index is 138. The van der Waals surface area contributed by atoms with Crippen molar-refractivity contribution in [2.45, 2.75) is 13.0 Å². The van der Waals surface area contributed by atoms with Crippen LogP contribution in [0.2, 0.25) is 0 Å². The summed E-state index contributed by atoms with van der Waals surface area (Å²) in [7, 11) is 0. The van der Waals surface area contributed by atoms with Gasteiger partial charge in [-0.3, -0.25) is 9.68 Å². The van der Waals surface area contributed by atoms with Crippen molar-refractivity contribution >= 4 is 0 Å². The molecule has 3 N–H and O–H groups in total. The number of rotatable bonds is 11. The lowest BCUT2D eigenvalue weighted by Crippen LogP contribution is -2.31. The SMILES string of the molecule is CC(O)COCCN(OCCO)OCCO. The zero-order chi connectivity index (χ0) is 12.2. The Hall–Kier alpha value is -0.280. The fraction of sp³-hybridized carbons (Fsp3) is 1.00. The second kappa shape index (κ2) is 11.2. The summed E-state index contributed by atoms with van der Waals surface area (Å²) in [4.78, 5) is 10.0. The zero-order valence-electron chi connectivity index (χ0n) is 9.54. The van der Waals surface area contributed by atoms with Crippen molar-refractivity contribution in [1.29, 1.82) is 0 Å². The lowest BCUT2D eigenvalue weighted by molar-refractivity contribution is -0.373. The van der Waals surface area contributed by atoms with Crippen molar-refractivity contribution in [2.24, 2.45) is 0 Å². The monoisotopic (exact) mass is 239 g/mol. The fourth-order valence-electron chi connectivity index (χ4n) is 0.845. The van der Waals surface area contributed by atoms with Gasteiger partial charge < -0.3 is 20.1 Å². The molecule has 0 saturated carbocycles. The summed E-state index contributed by atoms with van der Waals surface area (Å²) in [6, 6.07) is 0. The summed E-state index contributed by atoms with van der Waals surface area (Å²) in [6.07, 6.45) is -0.509. The summed E-state index contributed by atoms with van der Waals surface area (Å²) in [5, 5.41) is 27.2. The molecule has 0 rings (SSSR count). The van der Waals surface area contributed by atoms with Gasteiger partial charge in [-0.15, -0.1) is 0 Å². The van der Waals surface area contributed by atoms with E-state index in [-0.39, 0.29) is 33.0 Å². The molecule has 0 aliphatic rings. The Labute approximate surface area is 95.1 Å². The molecule has 0 heterocycles. The van der Waals surface area contributed by atoms with Crippen LogP contribution in [-0.2, 0) is 14.4 Å². The highest BCUT2D eigenvalue weighted by Crippen LogP contribution is 1.93. The van der Waals surface area contributed by atoms with Gasteiger partial charge in [0.1, 0.15) is 0 Å². The first-order valence-corrected chi connectivity index (χ1v) is 5.21. The first-order valence-electron chi connectivity index (χ1n) is 5.21. The normalized spacial score (nSPS) is 13.3. The van der Waals surface area contributed by atoms with E-state index < -0.39 is 6.10 Å². The van der Waals surface area contributed by atoms with Crippen LogP contribution in [0, 0.1) is 0 Å². The van der Waals surface area contributed by atoms with E-state index in [9.17, 15) is 0 Å². The predicted octanol–water partition coefficient (Wildman–Crippen LogP) is -1.47. The highest BCUT2D eigenvalue weighted by molar-refractivity contribution is 4.42. The number of hydrogen-bond acceptors (Lipinski definition) is 7. The summed E-state index contributed by atoms with van der Waals surface area (Å²) < 4.78 is 5.11. The van der Waals surface area contributed by atoms with Crippen LogP contribution in [0.3, 0.4) is 0 Å². The average molecular weight is 239 g/mol. The minimum absolute atomic E-state index is 0.113. The third-order valence-electron chi connectivity index (χ3n) is 1.43. The van der Waals surface area contributed by atoms with Crippen molar-refractivity contribution in [3.8, 4) is 0 Å². The molecule has 0 aromatic rings. The van der Waals surface area contributed by atoms with Gasteiger partial charge in [0.25, 0.3) is 0 Å². The fourth-order valence-corrected chi connectivity index (χ4v) is 0.845. The topological polar surface area (TPSA) is 91.6 Å². The Balaban J connectivity index is 3.56. The molecule has 1 atom stereocenters. The molecule has 0 bridgehead atoms. The Kier molecular flexibility index (Phi) is 11.0. The van der Waals surface area contributed by atoms with E-state index in [1.54, 1.807) is 6.92 Å². The summed E-state index contributed by atoms with van der Waals surface area (Å²) >= 11 is 0. The number of nitrogens with zero attached hydrogens (tertiary/aromatic N) is 1. The molecule has 16 heavy (non-hydrogen) atoms.